The number of rotatable bonds is 3. The third kappa shape index (κ3) is 3.37. The average Bonchev–Trinajstić information content (AvgIpc) is 2.96. The molecule has 0 aliphatic carbocycles. The lowest BCUT2D eigenvalue weighted by Gasteiger charge is -2.34. The van der Waals surface area contributed by atoms with Crippen LogP contribution in [0.4, 0.5) is 0 Å². The van der Waals surface area contributed by atoms with Crippen molar-refractivity contribution in [2.75, 3.05) is 13.1 Å². The fraction of sp³-hybridized carbons (Fsp3) is 0.471. The van der Waals surface area contributed by atoms with Crippen molar-refractivity contribution in [1.82, 2.24) is 19.9 Å². The van der Waals surface area contributed by atoms with Gasteiger partial charge in [-0.2, -0.15) is 0 Å². The number of halogens is 1. The van der Waals surface area contributed by atoms with Crippen molar-refractivity contribution in [3.8, 4) is 5.69 Å². The monoisotopic (exact) mass is 391 g/mol. The maximum absolute atomic E-state index is 12.9. The molecule has 128 valence electrons. The van der Waals surface area contributed by atoms with Crippen LogP contribution in [0.3, 0.4) is 0 Å². The lowest BCUT2D eigenvalue weighted by Crippen LogP contribution is -2.45. The molecule has 1 aliphatic rings. The van der Waals surface area contributed by atoms with E-state index in [-0.39, 0.29) is 11.9 Å². The molecule has 7 heteroatoms. The Morgan fingerprint density at radius 2 is 2.25 bits per heavy atom. The van der Waals surface area contributed by atoms with E-state index >= 15 is 0 Å². The van der Waals surface area contributed by atoms with Gasteiger partial charge >= 0.3 is 0 Å². The van der Waals surface area contributed by atoms with Gasteiger partial charge in [0.05, 0.1) is 11.4 Å². The quantitative estimate of drug-likeness (QED) is 0.871. The summed E-state index contributed by atoms with van der Waals surface area (Å²) in [6, 6.07) is 7.86. The molecule has 0 saturated carbocycles. The molecule has 1 fully saturated rings. The van der Waals surface area contributed by atoms with E-state index < -0.39 is 0 Å². The van der Waals surface area contributed by atoms with Gasteiger partial charge in [-0.1, -0.05) is 27.2 Å². The third-order valence-electron chi connectivity index (χ3n) is 4.64. The standard InChI is InChI=1S/C17H22BrN5O/c1-11(19)13-5-4-8-22(10-13)17(24)16-12(2)23(21-20-16)15-7-3-6-14(18)9-15/h3,6-7,9,11,13H,4-5,8,10,19H2,1-2H3. The Hall–Kier alpha value is -1.73. The Morgan fingerprint density at radius 1 is 1.46 bits per heavy atom. The molecule has 6 nitrogen and oxygen atoms in total. The van der Waals surface area contributed by atoms with Crippen LogP contribution in [0, 0.1) is 12.8 Å². The average molecular weight is 392 g/mol. The van der Waals surface area contributed by atoms with E-state index in [0.29, 0.717) is 18.2 Å². The molecular weight excluding hydrogens is 370 g/mol. The highest BCUT2D eigenvalue weighted by atomic mass is 79.9. The molecule has 2 atom stereocenters. The van der Waals surface area contributed by atoms with Crippen LogP contribution in [-0.4, -0.2) is 44.9 Å². The van der Waals surface area contributed by atoms with E-state index in [9.17, 15) is 4.79 Å². The first-order valence-corrected chi connectivity index (χ1v) is 8.99. The van der Waals surface area contributed by atoms with E-state index in [1.165, 1.54) is 0 Å². The van der Waals surface area contributed by atoms with E-state index in [4.69, 9.17) is 5.73 Å². The van der Waals surface area contributed by atoms with Gasteiger partial charge in [-0.05, 0) is 50.8 Å². The predicted octanol–water partition coefficient (Wildman–Crippen LogP) is 2.54. The van der Waals surface area contributed by atoms with E-state index in [1.54, 1.807) is 4.68 Å². The second-order valence-corrected chi connectivity index (χ2v) is 7.34. The highest BCUT2D eigenvalue weighted by Gasteiger charge is 2.29. The fourth-order valence-electron chi connectivity index (χ4n) is 3.15. The van der Waals surface area contributed by atoms with Crippen molar-refractivity contribution < 1.29 is 4.79 Å². The van der Waals surface area contributed by atoms with Crippen LogP contribution >= 0.6 is 15.9 Å². The van der Waals surface area contributed by atoms with Crippen LogP contribution in [0.5, 0.6) is 0 Å². The smallest absolute Gasteiger partial charge is 0.276 e. The number of amides is 1. The van der Waals surface area contributed by atoms with E-state index in [2.05, 4.69) is 26.2 Å². The molecule has 1 aromatic heterocycles. The summed E-state index contributed by atoms with van der Waals surface area (Å²) < 4.78 is 2.66. The van der Waals surface area contributed by atoms with Gasteiger partial charge in [-0.3, -0.25) is 4.79 Å². The number of carbonyl (C=O) groups excluding carboxylic acids is 1. The number of hydrogen-bond donors (Lipinski definition) is 1. The molecule has 1 aromatic carbocycles. The number of nitrogens with two attached hydrogens (primary N) is 1. The highest BCUT2D eigenvalue weighted by molar-refractivity contribution is 9.10. The summed E-state index contributed by atoms with van der Waals surface area (Å²) in [5.41, 5.74) is 8.06. The minimum atomic E-state index is -0.0564. The van der Waals surface area contributed by atoms with E-state index in [1.807, 2.05) is 43.0 Å². The summed E-state index contributed by atoms with van der Waals surface area (Å²) in [5.74, 6) is 0.294. The summed E-state index contributed by atoms with van der Waals surface area (Å²) in [6.45, 7) is 5.33. The van der Waals surface area contributed by atoms with Crippen molar-refractivity contribution in [3.05, 3.63) is 40.1 Å². The molecule has 2 aromatic rings. The molecule has 2 heterocycles. The first-order valence-electron chi connectivity index (χ1n) is 8.20. The summed E-state index contributed by atoms with van der Waals surface area (Å²) in [4.78, 5) is 14.7. The fourth-order valence-corrected chi connectivity index (χ4v) is 3.54. The first-order chi connectivity index (χ1) is 11.5. The van der Waals surface area contributed by atoms with Crippen molar-refractivity contribution in [1.29, 1.82) is 0 Å². The Bertz CT molecular complexity index is 742. The SMILES string of the molecule is Cc1c(C(=O)N2CCCC(C(C)N)C2)nnn1-c1cccc(Br)c1. The number of likely N-dealkylation sites (tertiary alicyclic amines) is 1. The molecule has 1 amide bonds. The van der Waals surface area contributed by atoms with Gasteiger partial charge in [0.2, 0.25) is 0 Å². The highest BCUT2D eigenvalue weighted by Crippen LogP contribution is 2.22. The second kappa shape index (κ2) is 7.03. The van der Waals surface area contributed by atoms with Crippen LogP contribution in [-0.2, 0) is 0 Å². The minimum absolute atomic E-state index is 0.0564. The zero-order valence-corrected chi connectivity index (χ0v) is 15.5. The molecule has 3 rings (SSSR count). The molecule has 2 N–H and O–H groups in total. The number of nitrogens with zero attached hydrogens (tertiary/aromatic N) is 4. The summed E-state index contributed by atoms with van der Waals surface area (Å²) in [7, 11) is 0. The van der Waals surface area contributed by atoms with Gasteiger partial charge in [-0.25, -0.2) is 4.68 Å². The molecule has 0 radical (unpaired) electrons. The lowest BCUT2D eigenvalue weighted by molar-refractivity contribution is 0.0654. The first kappa shape index (κ1) is 17.1. The van der Waals surface area contributed by atoms with Crippen LogP contribution < -0.4 is 5.73 Å². The van der Waals surface area contributed by atoms with Crippen molar-refractivity contribution in [2.45, 2.75) is 32.7 Å². The lowest BCUT2D eigenvalue weighted by atomic mass is 9.92. The normalized spacial score (nSPS) is 19.3. The minimum Gasteiger partial charge on any atom is -0.337 e. The zero-order chi connectivity index (χ0) is 17.3. The van der Waals surface area contributed by atoms with Crippen LogP contribution in [0.15, 0.2) is 28.7 Å². The molecule has 0 spiro atoms. The zero-order valence-electron chi connectivity index (χ0n) is 13.9. The third-order valence-corrected chi connectivity index (χ3v) is 5.13. The summed E-state index contributed by atoms with van der Waals surface area (Å²) in [5, 5.41) is 8.31. The van der Waals surface area contributed by atoms with Crippen LogP contribution in [0.25, 0.3) is 5.69 Å². The summed E-state index contributed by atoms with van der Waals surface area (Å²) >= 11 is 3.45. The topological polar surface area (TPSA) is 77.0 Å². The van der Waals surface area contributed by atoms with Crippen molar-refractivity contribution >= 4 is 21.8 Å². The molecule has 1 aliphatic heterocycles. The van der Waals surface area contributed by atoms with Gasteiger partial charge in [0.15, 0.2) is 5.69 Å². The number of carbonyl (C=O) groups is 1. The molecule has 24 heavy (non-hydrogen) atoms. The van der Waals surface area contributed by atoms with Crippen molar-refractivity contribution in [3.63, 3.8) is 0 Å². The van der Waals surface area contributed by atoms with Crippen molar-refractivity contribution in [2.24, 2.45) is 11.7 Å². The van der Waals surface area contributed by atoms with Gasteiger partial charge in [0, 0.05) is 23.6 Å². The Balaban J connectivity index is 1.84. The van der Waals surface area contributed by atoms with Gasteiger partial charge in [-0.15, -0.1) is 5.10 Å². The second-order valence-electron chi connectivity index (χ2n) is 6.43. The Labute approximate surface area is 150 Å². The number of aromatic nitrogens is 3. The number of benzene rings is 1. The Morgan fingerprint density at radius 3 is 2.96 bits per heavy atom. The number of piperidine rings is 1. The molecule has 0 bridgehead atoms. The van der Waals surface area contributed by atoms with Gasteiger partial charge in [0.25, 0.3) is 5.91 Å². The maximum Gasteiger partial charge on any atom is 0.276 e. The maximum atomic E-state index is 12.9. The Kier molecular flexibility index (Phi) is 5.01. The number of hydrogen-bond acceptors (Lipinski definition) is 4. The molecule has 2 unspecified atom stereocenters. The molecule has 1 saturated heterocycles. The van der Waals surface area contributed by atoms with Crippen LogP contribution in [0.2, 0.25) is 0 Å². The van der Waals surface area contributed by atoms with Gasteiger partial charge < -0.3 is 10.6 Å². The molecular formula is C17H22BrN5O. The summed E-state index contributed by atoms with van der Waals surface area (Å²) in [6.07, 6.45) is 2.06. The van der Waals surface area contributed by atoms with E-state index in [0.717, 1.165) is 35.2 Å². The van der Waals surface area contributed by atoms with Gasteiger partial charge in [0.1, 0.15) is 0 Å². The predicted molar refractivity (Wildman–Crippen MR) is 96.1 cm³/mol. The van der Waals surface area contributed by atoms with Crippen LogP contribution in [0.1, 0.15) is 35.9 Å². The largest absolute Gasteiger partial charge is 0.337 e.